The number of rotatable bonds is 4. The van der Waals surface area contributed by atoms with Crippen LogP contribution < -0.4 is 9.64 Å². The summed E-state index contributed by atoms with van der Waals surface area (Å²) in [6.07, 6.45) is 0. The molecule has 1 heterocycles. The summed E-state index contributed by atoms with van der Waals surface area (Å²) in [5.41, 5.74) is 0.315. The van der Waals surface area contributed by atoms with Crippen LogP contribution in [0.5, 0.6) is 5.75 Å². The number of halogens is 1. The van der Waals surface area contributed by atoms with Gasteiger partial charge in [0.05, 0.1) is 23.7 Å². The first kappa shape index (κ1) is 16.8. The first-order chi connectivity index (χ1) is 12.0. The van der Waals surface area contributed by atoms with Crippen molar-refractivity contribution in [2.45, 2.75) is 0 Å². The molecular weight excluding hydrogens is 331 g/mol. The number of anilines is 1. The Balaban J connectivity index is 1.84. The molecule has 2 aromatic carbocycles. The summed E-state index contributed by atoms with van der Waals surface area (Å²) in [5, 5.41) is 11.4. The third-order valence-electron chi connectivity index (χ3n) is 3.78. The molecule has 7 nitrogen and oxygen atoms in total. The molecule has 1 aliphatic heterocycles. The predicted molar refractivity (Wildman–Crippen MR) is 87.5 cm³/mol. The number of morpholine rings is 1. The summed E-state index contributed by atoms with van der Waals surface area (Å²) in [6.45, 7) is 2.07. The van der Waals surface area contributed by atoms with E-state index in [0.717, 1.165) is 12.1 Å². The molecule has 2 aromatic rings. The van der Waals surface area contributed by atoms with Gasteiger partial charge < -0.3 is 14.4 Å². The molecule has 0 spiro atoms. The van der Waals surface area contributed by atoms with Crippen LogP contribution >= 0.6 is 0 Å². The highest BCUT2D eigenvalue weighted by molar-refractivity contribution is 5.93. The van der Waals surface area contributed by atoms with Gasteiger partial charge in [0, 0.05) is 19.2 Å². The zero-order valence-electron chi connectivity index (χ0n) is 13.2. The van der Waals surface area contributed by atoms with E-state index in [-0.39, 0.29) is 17.0 Å². The molecule has 25 heavy (non-hydrogen) atoms. The van der Waals surface area contributed by atoms with E-state index in [2.05, 4.69) is 0 Å². The monoisotopic (exact) mass is 346 g/mol. The molecule has 8 heteroatoms. The number of esters is 1. The molecule has 130 valence electrons. The van der Waals surface area contributed by atoms with Gasteiger partial charge in [0.25, 0.3) is 5.69 Å². The standard InChI is InChI=1S/C17H15FN2O5/c18-13-2-4-14(5-3-13)25-17(21)12-1-6-15(16(11-12)20(22)23)19-7-9-24-10-8-19/h1-6,11H,7-10H2. The number of ether oxygens (including phenoxy) is 2. The van der Waals surface area contributed by atoms with E-state index < -0.39 is 16.7 Å². The van der Waals surface area contributed by atoms with Crippen molar-refractivity contribution < 1.29 is 23.6 Å². The Morgan fingerprint density at radius 3 is 2.48 bits per heavy atom. The Hall–Kier alpha value is -3.00. The van der Waals surface area contributed by atoms with Crippen LogP contribution in [-0.2, 0) is 4.74 Å². The van der Waals surface area contributed by atoms with Gasteiger partial charge in [0.15, 0.2) is 0 Å². The van der Waals surface area contributed by atoms with Crippen LogP contribution in [0.2, 0.25) is 0 Å². The lowest BCUT2D eigenvalue weighted by Gasteiger charge is -2.28. The van der Waals surface area contributed by atoms with E-state index in [0.29, 0.717) is 32.0 Å². The maximum absolute atomic E-state index is 12.9. The maximum atomic E-state index is 12.9. The number of nitrogens with zero attached hydrogens (tertiary/aromatic N) is 2. The molecule has 0 saturated carbocycles. The van der Waals surface area contributed by atoms with Crippen LogP contribution in [0, 0.1) is 15.9 Å². The van der Waals surface area contributed by atoms with E-state index in [4.69, 9.17) is 9.47 Å². The van der Waals surface area contributed by atoms with Gasteiger partial charge in [-0.1, -0.05) is 0 Å². The van der Waals surface area contributed by atoms with Crippen molar-refractivity contribution in [1.82, 2.24) is 0 Å². The lowest BCUT2D eigenvalue weighted by molar-refractivity contribution is -0.384. The highest BCUT2D eigenvalue weighted by atomic mass is 19.1. The molecule has 0 amide bonds. The van der Waals surface area contributed by atoms with Crippen molar-refractivity contribution in [3.05, 3.63) is 64.0 Å². The average Bonchev–Trinajstić information content (AvgIpc) is 2.63. The van der Waals surface area contributed by atoms with Gasteiger partial charge in [0.2, 0.25) is 0 Å². The number of nitro benzene ring substituents is 1. The summed E-state index contributed by atoms with van der Waals surface area (Å²) in [7, 11) is 0. The molecule has 1 saturated heterocycles. The van der Waals surface area contributed by atoms with Gasteiger partial charge in [-0.2, -0.15) is 0 Å². The lowest BCUT2D eigenvalue weighted by atomic mass is 10.1. The first-order valence-electron chi connectivity index (χ1n) is 7.63. The van der Waals surface area contributed by atoms with Gasteiger partial charge in [-0.25, -0.2) is 9.18 Å². The molecular formula is C17H15FN2O5. The number of hydrogen-bond donors (Lipinski definition) is 0. The predicted octanol–water partition coefficient (Wildman–Crippen LogP) is 2.79. The fraction of sp³-hybridized carbons (Fsp3) is 0.235. The molecule has 0 unspecified atom stereocenters. The number of nitro groups is 1. The van der Waals surface area contributed by atoms with Crippen molar-refractivity contribution in [3.63, 3.8) is 0 Å². The van der Waals surface area contributed by atoms with Crippen molar-refractivity contribution in [3.8, 4) is 5.75 Å². The number of hydrogen-bond acceptors (Lipinski definition) is 6. The van der Waals surface area contributed by atoms with Crippen LogP contribution in [0.1, 0.15) is 10.4 Å². The van der Waals surface area contributed by atoms with Crippen LogP contribution in [-0.4, -0.2) is 37.2 Å². The van der Waals surface area contributed by atoms with Crippen LogP contribution in [0.3, 0.4) is 0 Å². The van der Waals surface area contributed by atoms with Gasteiger partial charge in [-0.3, -0.25) is 10.1 Å². The van der Waals surface area contributed by atoms with E-state index in [9.17, 15) is 19.3 Å². The third kappa shape index (κ3) is 3.92. The largest absolute Gasteiger partial charge is 0.423 e. The summed E-state index contributed by atoms with van der Waals surface area (Å²) >= 11 is 0. The first-order valence-corrected chi connectivity index (χ1v) is 7.63. The molecule has 0 atom stereocenters. The van der Waals surface area contributed by atoms with E-state index >= 15 is 0 Å². The molecule has 0 N–H and O–H groups in total. The summed E-state index contributed by atoms with van der Waals surface area (Å²) in [4.78, 5) is 24.9. The van der Waals surface area contributed by atoms with Crippen LogP contribution in [0.4, 0.5) is 15.8 Å². The SMILES string of the molecule is O=C(Oc1ccc(F)cc1)c1ccc(N2CCOCC2)c([N+](=O)[O-])c1. The number of carbonyl (C=O) groups is 1. The van der Waals surface area contributed by atoms with Gasteiger partial charge in [-0.05, 0) is 36.4 Å². The molecule has 0 bridgehead atoms. The minimum atomic E-state index is -0.747. The fourth-order valence-corrected chi connectivity index (χ4v) is 2.54. The van der Waals surface area contributed by atoms with Crippen molar-refractivity contribution in [2.75, 3.05) is 31.2 Å². The molecule has 0 radical (unpaired) electrons. The molecule has 0 aromatic heterocycles. The van der Waals surface area contributed by atoms with Crippen LogP contribution in [0.15, 0.2) is 42.5 Å². The van der Waals surface area contributed by atoms with Gasteiger partial charge >= 0.3 is 5.97 Å². The second kappa shape index (κ2) is 7.27. The van der Waals surface area contributed by atoms with Crippen molar-refractivity contribution in [2.24, 2.45) is 0 Å². The van der Waals surface area contributed by atoms with Crippen molar-refractivity contribution >= 4 is 17.3 Å². The zero-order valence-corrected chi connectivity index (χ0v) is 13.2. The van der Waals surface area contributed by atoms with E-state index in [1.54, 1.807) is 0 Å². The van der Waals surface area contributed by atoms with E-state index in [1.807, 2.05) is 4.90 Å². The Morgan fingerprint density at radius 1 is 1.16 bits per heavy atom. The molecule has 3 rings (SSSR count). The Bertz CT molecular complexity index is 788. The Labute approximate surface area is 142 Å². The minimum absolute atomic E-state index is 0.0491. The third-order valence-corrected chi connectivity index (χ3v) is 3.78. The summed E-state index contributed by atoms with van der Waals surface area (Å²) < 4.78 is 23.2. The highest BCUT2D eigenvalue weighted by Gasteiger charge is 2.24. The topological polar surface area (TPSA) is 81.9 Å². The van der Waals surface area contributed by atoms with Gasteiger partial charge in [0.1, 0.15) is 17.3 Å². The zero-order chi connectivity index (χ0) is 17.8. The smallest absolute Gasteiger partial charge is 0.343 e. The average molecular weight is 346 g/mol. The maximum Gasteiger partial charge on any atom is 0.343 e. The molecule has 1 aliphatic rings. The minimum Gasteiger partial charge on any atom is -0.423 e. The second-order valence-electron chi connectivity index (χ2n) is 5.40. The number of benzene rings is 2. The summed E-state index contributed by atoms with van der Waals surface area (Å²) in [5.74, 6) is -1.04. The lowest BCUT2D eigenvalue weighted by Crippen LogP contribution is -2.36. The Morgan fingerprint density at radius 2 is 1.84 bits per heavy atom. The summed E-state index contributed by atoms with van der Waals surface area (Å²) in [6, 6.07) is 9.14. The molecule has 0 aliphatic carbocycles. The fourth-order valence-electron chi connectivity index (χ4n) is 2.54. The van der Waals surface area contributed by atoms with Gasteiger partial charge in [-0.15, -0.1) is 0 Å². The van der Waals surface area contributed by atoms with Crippen molar-refractivity contribution in [1.29, 1.82) is 0 Å². The molecule has 1 fully saturated rings. The Kier molecular flexibility index (Phi) is 4.90. The highest BCUT2D eigenvalue weighted by Crippen LogP contribution is 2.30. The second-order valence-corrected chi connectivity index (χ2v) is 5.40. The van der Waals surface area contributed by atoms with E-state index in [1.165, 1.54) is 30.3 Å². The quantitative estimate of drug-likeness (QED) is 0.366. The number of carbonyl (C=O) groups excluding carboxylic acids is 1. The normalized spacial score (nSPS) is 14.2. The van der Waals surface area contributed by atoms with Crippen LogP contribution in [0.25, 0.3) is 0 Å².